The number of aromatic nitrogens is 4. The summed E-state index contributed by atoms with van der Waals surface area (Å²) in [6, 6.07) is 0. The van der Waals surface area contributed by atoms with Gasteiger partial charge in [0, 0.05) is 24.5 Å². The van der Waals surface area contributed by atoms with Crippen molar-refractivity contribution in [3.63, 3.8) is 0 Å². The van der Waals surface area contributed by atoms with Crippen LogP contribution in [0, 0.1) is 11.8 Å². The summed E-state index contributed by atoms with van der Waals surface area (Å²) in [4.78, 5) is 16.8. The van der Waals surface area contributed by atoms with Gasteiger partial charge in [0.1, 0.15) is 11.0 Å². The minimum Gasteiger partial charge on any atom is -0.396 e. The third-order valence-electron chi connectivity index (χ3n) is 5.09. The van der Waals surface area contributed by atoms with Gasteiger partial charge in [0.15, 0.2) is 0 Å². The Morgan fingerprint density at radius 1 is 1.42 bits per heavy atom. The van der Waals surface area contributed by atoms with Crippen LogP contribution in [0.3, 0.4) is 0 Å². The normalized spacial score (nSPS) is 26.5. The van der Waals surface area contributed by atoms with Crippen LogP contribution in [0.1, 0.15) is 26.7 Å². The van der Waals surface area contributed by atoms with Crippen LogP contribution in [0.4, 0.5) is 11.8 Å². The molecule has 7 nitrogen and oxygen atoms in total. The highest BCUT2D eigenvalue weighted by Crippen LogP contribution is 2.43. The first kappa shape index (κ1) is 16.9. The lowest BCUT2D eigenvalue weighted by molar-refractivity contribution is 0.187. The van der Waals surface area contributed by atoms with E-state index >= 15 is 0 Å². The Labute approximate surface area is 145 Å². The number of anilines is 2. The summed E-state index contributed by atoms with van der Waals surface area (Å²) >= 11 is 6.31. The SMILES string of the molecule is CC1C(CO)CCC1(C)Nc1nc(N)nc(Cl)c1-c1cnccn1. The molecule has 0 radical (unpaired) electrons. The molecule has 0 aliphatic heterocycles. The molecular weight excluding hydrogens is 328 g/mol. The van der Waals surface area contributed by atoms with E-state index in [4.69, 9.17) is 17.3 Å². The second-order valence-corrected chi connectivity index (χ2v) is 6.86. The number of halogens is 1. The molecule has 0 spiro atoms. The number of aliphatic hydroxyl groups excluding tert-OH is 1. The van der Waals surface area contributed by atoms with E-state index in [-0.39, 0.29) is 35.1 Å². The van der Waals surface area contributed by atoms with Crippen LogP contribution in [0.5, 0.6) is 0 Å². The molecule has 1 saturated carbocycles. The Hall–Kier alpha value is -1.99. The summed E-state index contributed by atoms with van der Waals surface area (Å²) in [5.41, 5.74) is 6.73. The smallest absolute Gasteiger partial charge is 0.223 e. The predicted octanol–water partition coefficient (Wildman–Crippen LogP) is 2.38. The van der Waals surface area contributed by atoms with Crippen molar-refractivity contribution in [2.24, 2.45) is 11.8 Å². The molecule has 1 aliphatic carbocycles. The molecule has 128 valence electrons. The molecular formula is C16H21ClN6O. The van der Waals surface area contributed by atoms with Crippen molar-refractivity contribution in [3.05, 3.63) is 23.7 Å². The van der Waals surface area contributed by atoms with Gasteiger partial charge < -0.3 is 16.2 Å². The van der Waals surface area contributed by atoms with Gasteiger partial charge in [0.05, 0.1) is 17.5 Å². The van der Waals surface area contributed by atoms with Gasteiger partial charge in [-0.1, -0.05) is 18.5 Å². The van der Waals surface area contributed by atoms with Gasteiger partial charge in [-0.15, -0.1) is 0 Å². The van der Waals surface area contributed by atoms with Gasteiger partial charge in [0.25, 0.3) is 0 Å². The Balaban J connectivity index is 2.02. The third kappa shape index (κ3) is 3.01. The highest BCUT2D eigenvalue weighted by molar-refractivity contribution is 6.32. The maximum absolute atomic E-state index is 9.54. The van der Waals surface area contributed by atoms with Crippen molar-refractivity contribution >= 4 is 23.4 Å². The molecule has 3 rings (SSSR count). The Morgan fingerprint density at radius 3 is 2.83 bits per heavy atom. The summed E-state index contributed by atoms with van der Waals surface area (Å²) in [6.07, 6.45) is 6.67. The van der Waals surface area contributed by atoms with Gasteiger partial charge in [0.2, 0.25) is 5.95 Å². The number of nitrogen functional groups attached to an aromatic ring is 1. The average Bonchev–Trinajstić information content (AvgIpc) is 2.82. The van der Waals surface area contributed by atoms with Crippen LogP contribution >= 0.6 is 11.6 Å². The van der Waals surface area contributed by atoms with Crippen LogP contribution in [0.2, 0.25) is 5.15 Å². The maximum atomic E-state index is 9.54. The molecule has 0 saturated heterocycles. The fourth-order valence-electron chi connectivity index (χ4n) is 3.37. The van der Waals surface area contributed by atoms with Crippen molar-refractivity contribution in [1.29, 1.82) is 0 Å². The summed E-state index contributed by atoms with van der Waals surface area (Å²) in [7, 11) is 0. The minimum absolute atomic E-state index is 0.100. The number of nitrogens with zero attached hydrogens (tertiary/aromatic N) is 4. The van der Waals surface area contributed by atoms with Crippen LogP contribution in [0.15, 0.2) is 18.6 Å². The predicted molar refractivity (Wildman–Crippen MR) is 93.5 cm³/mol. The first-order chi connectivity index (χ1) is 11.4. The van der Waals surface area contributed by atoms with E-state index in [0.717, 1.165) is 12.8 Å². The van der Waals surface area contributed by atoms with Crippen LogP contribution in [-0.4, -0.2) is 37.2 Å². The highest BCUT2D eigenvalue weighted by atomic mass is 35.5. The van der Waals surface area contributed by atoms with E-state index in [1.165, 1.54) is 0 Å². The molecule has 1 aliphatic rings. The molecule has 0 bridgehead atoms. The quantitative estimate of drug-likeness (QED) is 0.727. The zero-order valence-corrected chi connectivity index (χ0v) is 14.5. The standard InChI is InChI=1S/C16H21ClN6O/c1-9-10(8-24)3-4-16(9,2)23-14-12(11-7-19-5-6-20-11)13(17)21-15(18)22-14/h5-7,9-10,24H,3-4,8H2,1-2H3,(H3,18,21,22,23). The lowest BCUT2D eigenvalue weighted by Gasteiger charge is -2.33. The van der Waals surface area contributed by atoms with Crippen molar-refractivity contribution in [2.45, 2.75) is 32.2 Å². The van der Waals surface area contributed by atoms with E-state index in [9.17, 15) is 5.11 Å². The fourth-order valence-corrected chi connectivity index (χ4v) is 3.65. The van der Waals surface area contributed by atoms with E-state index in [1.54, 1.807) is 18.6 Å². The van der Waals surface area contributed by atoms with Crippen molar-refractivity contribution in [1.82, 2.24) is 19.9 Å². The van der Waals surface area contributed by atoms with Crippen molar-refractivity contribution in [2.75, 3.05) is 17.7 Å². The molecule has 2 aromatic rings. The monoisotopic (exact) mass is 348 g/mol. The number of aliphatic hydroxyl groups is 1. The number of nitrogens with one attached hydrogen (secondary N) is 1. The van der Waals surface area contributed by atoms with Gasteiger partial charge >= 0.3 is 0 Å². The summed E-state index contributed by atoms with van der Waals surface area (Å²) in [5, 5.41) is 13.3. The maximum Gasteiger partial charge on any atom is 0.223 e. The first-order valence-corrected chi connectivity index (χ1v) is 8.31. The first-order valence-electron chi connectivity index (χ1n) is 7.93. The van der Waals surface area contributed by atoms with Crippen molar-refractivity contribution in [3.8, 4) is 11.3 Å². The summed E-state index contributed by atoms with van der Waals surface area (Å²) < 4.78 is 0. The second kappa shape index (κ2) is 6.49. The third-order valence-corrected chi connectivity index (χ3v) is 5.36. The van der Waals surface area contributed by atoms with Gasteiger partial charge in [-0.3, -0.25) is 9.97 Å². The summed E-state index contributed by atoms with van der Waals surface area (Å²) in [6.45, 7) is 4.44. The molecule has 2 heterocycles. The zero-order valence-electron chi connectivity index (χ0n) is 13.7. The van der Waals surface area contributed by atoms with Crippen LogP contribution in [-0.2, 0) is 0 Å². The molecule has 1 fully saturated rings. The number of hydrogen-bond donors (Lipinski definition) is 3. The molecule has 24 heavy (non-hydrogen) atoms. The Kier molecular flexibility index (Phi) is 4.56. The van der Waals surface area contributed by atoms with Gasteiger partial charge in [-0.25, -0.2) is 4.98 Å². The fraction of sp³-hybridized carbons (Fsp3) is 0.500. The summed E-state index contributed by atoms with van der Waals surface area (Å²) in [5.74, 6) is 1.17. The van der Waals surface area contributed by atoms with E-state index in [2.05, 4.69) is 39.1 Å². The van der Waals surface area contributed by atoms with Crippen LogP contribution < -0.4 is 11.1 Å². The molecule has 3 unspecified atom stereocenters. The van der Waals surface area contributed by atoms with E-state index in [1.807, 2.05) is 0 Å². The Bertz CT molecular complexity index is 728. The number of rotatable bonds is 4. The molecule has 0 amide bonds. The molecule has 0 aromatic carbocycles. The topological polar surface area (TPSA) is 110 Å². The second-order valence-electron chi connectivity index (χ2n) is 6.50. The largest absolute Gasteiger partial charge is 0.396 e. The molecule has 2 aromatic heterocycles. The molecule has 3 atom stereocenters. The van der Waals surface area contributed by atoms with Gasteiger partial charge in [-0.05, 0) is 31.6 Å². The lowest BCUT2D eigenvalue weighted by Crippen LogP contribution is -2.40. The Morgan fingerprint density at radius 2 is 2.21 bits per heavy atom. The molecule has 8 heteroatoms. The van der Waals surface area contributed by atoms with Gasteiger partial charge in [-0.2, -0.15) is 4.98 Å². The lowest BCUT2D eigenvalue weighted by atomic mass is 9.86. The van der Waals surface area contributed by atoms with Crippen LogP contribution in [0.25, 0.3) is 11.3 Å². The number of hydrogen-bond acceptors (Lipinski definition) is 7. The molecule has 4 N–H and O–H groups in total. The van der Waals surface area contributed by atoms with Crippen molar-refractivity contribution < 1.29 is 5.11 Å². The average molecular weight is 349 g/mol. The highest BCUT2D eigenvalue weighted by Gasteiger charge is 2.42. The van der Waals surface area contributed by atoms with E-state index in [0.29, 0.717) is 17.1 Å². The number of nitrogens with two attached hydrogens (primary N) is 1. The zero-order chi connectivity index (χ0) is 17.3. The van der Waals surface area contributed by atoms with E-state index < -0.39 is 0 Å². The minimum atomic E-state index is -0.228.